The van der Waals surface area contributed by atoms with Crippen LogP contribution >= 0.6 is 11.8 Å². The summed E-state index contributed by atoms with van der Waals surface area (Å²) in [6.07, 6.45) is 1.79. The van der Waals surface area contributed by atoms with E-state index in [0.717, 1.165) is 12.4 Å². The van der Waals surface area contributed by atoms with Crippen LogP contribution in [0.25, 0.3) is 0 Å². The van der Waals surface area contributed by atoms with E-state index in [1.807, 2.05) is 11.8 Å². The van der Waals surface area contributed by atoms with Crippen molar-refractivity contribution >= 4 is 19.8 Å². The minimum absolute atomic E-state index is 0.688. The van der Waals surface area contributed by atoms with E-state index in [1.54, 1.807) is 6.08 Å². The Labute approximate surface area is 81.6 Å². The molecule has 0 aromatic heterocycles. The van der Waals surface area contributed by atoms with Crippen molar-refractivity contribution in [3.8, 4) is 0 Å². The lowest BCUT2D eigenvalue weighted by Crippen LogP contribution is -2.24. The molecular weight excluding hydrogens is 184 g/mol. The number of rotatable bonds is 7. The summed E-state index contributed by atoms with van der Waals surface area (Å²) in [5.41, 5.74) is 0. The normalized spacial score (nSPS) is 11.6. The van der Waals surface area contributed by atoms with Gasteiger partial charge in [-0.15, -0.1) is 6.58 Å². The van der Waals surface area contributed by atoms with Crippen LogP contribution in [0, 0.1) is 0 Å². The second-order valence-electron chi connectivity index (χ2n) is 3.98. The number of ether oxygens (including phenoxy) is 1. The van der Waals surface area contributed by atoms with E-state index in [-0.39, 0.29) is 0 Å². The monoisotopic (exact) mass is 204 g/mol. The summed E-state index contributed by atoms with van der Waals surface area (Å²) in [7, 11) is -0.838. The van der Waals surface area contributed by atoms with E-state index in [1.165, 1.54) is 5.38 Å². The Morgan fingerprint density at radius 3 is 2.58 bits per heavy atom. The fourth-order valence-corrected chi connectivity index (χ4v) is 3.93. The van der Waals surface area contributed by atoms with Crippen molar-refractivity contribution < 1.29 is 4.74 Å². The molecule has 0 saturated heterocycles. The van der Waals surface area contributed by atoms with Gasteiger partial charge in [-0.25, -0.2) is 0 Å². The van der Waals surface area contributed by atoms with Crippen molar-refractivity contribution in [2.75, 3.05) is 24.3 Å². The van der Waals surface area contributed by atoms with Crippen molar-refractivity contribution in [2.24, 2.45) is 0 Å². The van der Waals surface area contributed by atoms with Gasteiger partial charge in [0.15, 0.2) is 0 Å². The Kier molecular flexibility index (Phi) is 6.90. The molecule has 0 heterocycles. The zero-order valence-electron chi connectivity index (χ0n) is 8.43. The quantitative estimate of drug-likeness (QED) is 0.358. The molecule has 0 saturated carbocycles. The Morgan fingerprint density at radius 1 is 1.42 bits per heavy atom. The topological polar surface area (TPSA) is 9.23 Å². The molecule has 12 heavy (non-hydrogen) atoms. The maximum atomic E-state index is 5.27. The third kappa shape index (κ3) is 10.3. The lowest BCUT2D eigenvalue weighted by molar-refractivity contribution is 0.180. The van der Waals surface area contributed by atoms with Gasteiger partial charge in [0, 0.05) is 5.75 Å². The van der Waals surface area contributed by atoms with E-state index < -0.39 is 8.07 Å². The van der Waals surface area contributed by atoms with Gasteiger partial charge in [-0.05, 0) is 5.38 Å². The summed E-state index contributed by atoms with van der Waals surface area (Å²) in [6.45, 7) is 12.3. The maximum Gasteiger partial charge on any atom is 0.0645 e. The van der Waals surface area contributed by atoms with E-state index in [9.17, 15) is 0 Å². The smallest absolute Gasteiger partial charge is 0.0645 e. The molecule has 72 valence electrons. The van der Waals surface area contributed by atoms with Gasteiger partial charge in [-0.1, -0.05) is 25.7 Å². The molecule has 0 aliphatic carbocycles. The molecule has 0 unspecified atom stereocenters. The third-order valence-electron chi connectivity index (χ3n) is 1.14. The molecule has 0 N–H and O–H groups in total. The van der Waals surface area contributed by atoms with Crippen LogP contribution in [0.4, 0.5) is 0 Å². The number of thioether (sulfide) groups is 1. The van der Waals surface area contributed by atoms with Gasteiger partial charge >= 0.3 is 0 Å². The zero-order valence-corrected chi connectivity index (χ0v) is 10.2. The summed E-state index contributed by atoms with van der Waals surface area (Å²) in [4.78, 5) is 0. The van der Waals surface area contributed by atoms with Gasteiger partial charge in [0.1, 0.15) is 0 Å². The highest BCUT2D eigenvalue weighted by atomic mass is 32.2. The predicted molar refractivity (Wildman–Crippen MR) is 61.7 cm³/mol. The molecule has 0 fully saturated rings. The highest BCUT2D eigenvalue weighted by Gasteiger charge is 2.11. The zero-order chi connectivity index (χ0) is 9.45. The first kappa shape index (κ1) is 12.3. The Hall–Kier alpha value is 0.267. The SMILES string of the molecule is C=CCOCCSC[Si](C)(C)C. The third-order valence-corrected chi connectivity index (χ3v) is 5.88. The molecule has 0 atom stereocenters. The standard InChI is InChI=1S/C9H20OSSi/c1-5-6-10-7-8-11-9-12(2,3)4/h5H,1,6-9H2,2-4H3. The van der Waals surface area contributed by atoms with Crippen LogP contribution in [0.1, 0.15) is 0 Å². The minimum atomic E-state index is -0.838. The average Bonchev–Trinajstić information content (AvgIpc) is 1.94. The highest BCUT2D eigenvalue weighted by molar-refractivity contribution is 8.00. The van der Waals surface area contributed by atoms with Crippen LogP contribution < -0.4 is 0 Å². The second kappa shape index (κ2) is 6.75. The molecular formula is C9H20OSSi. The first-order valence-electron chi connectivity index (χ1n) is 4.32. The maximum absolute atomic E-state index is 5.27. The Bertz CT molecular complexity index is 120. The van der Waals surface area contributed by atoms with E-state index in [2.05, 4.69) is 26.2 Å². The summed E-state index contributed by atoms with van der Waals surface area (Å²) in [5.74, 6) is 1.12. The van der Waals surface area contributed by atoms with Gasteiger partial charge in [0.2, 0.25) is 0 Å². The largest absolute Gasteiger partial charge is 0.377 e. The first-order valence-corrected chi connectivity index (χ1v) is 9.19. The van der Waals surface area contributed by atoms with Crippen molar-refractivity contribution in [1.82, 2.24) is 0 Å². The van der Waals surface area contributed by atoms with Crippen LogP contribution in [0.3, 0.4) is 0 Å². The summed E-state index contributed by atoms with van der Waals surface area (Å²) >= 11 is 2.01. The molecule has 0 amide bonds. The van der Waals surface area contributed by atoms with Crippen molar-refractivity contribution in [3.63, 3.8) is 0 Å². The average molecular weight is 204 g/mol. The fourth-order valence-electron chi connectivity index (χ4n) is 0.663. The first-order chi connectivity index (χ1) is 5.56. The van der Waals surface area contributed by atoms with Gasteiger partial charge in [-0.3, -0.25) is 0 Å². The second-order valence-corrected chi connectivity index (χ2v) is 11.1. The highest BCUT2D eigenvalue weighted by Crippen LogP contribution is 2.10. The van der Waals surface area contributed by atoms with Crippen molar-refractivity contribution in [1.29, 1.82) is 0 Å². The molecule has 0 aliphatic heterocycles. The van der Waals surface area contributed by atoms with Gasteiger partial charge in [-0.2, -0.15) is 11.8 Å². The summed E-state index contributed by atoms with van der Waals surface area (Å²) < 4.78 is 5.27. The Morgan fingerprint density at radius 2 is 2.08 bits per heavy atom. The lowest BCUT2D eigenvalue weighted by Gasteiger charge is -2.14. The Balaban J connectivity index is 3.06. The molecule has 0 aliphatic rings. The summed E-state index contributed by atoms with van der Waals surface area (Å²) in [6, 6.07) is 0. The summed E-state index contributed by atoms with van der Waals surface area (Å²) in [5, 5.41) is 1.34. The number of hydrogen-bond acceptors (Lipinski definition) is 2. The molecule has 0 rings (SSSR count). The van der Waals surface area contributed by atoms with Crippen LogP contribution in [0.2, 0.25) is 19.6 Å². The molecule has 0 spiro atoms. The van der Waals surface area contributed by atoms with E-state index in [0.29, 0.717) is 6.61 Å². The van der Waals surface area contributed by atoms with Gasteiger partial charge in [0.05, 0.1) is 21.3 Å². The molecule has 0 aromatic rings. The predicted octanol–water partition coefficient (Wildman–Crippen LogP) is 2.80. The molecule has 3 heteroatoms. The van der Waals surface area contributed by atoms with E-state index in [4.69, 9.17) is 4.74 Å². The van der Waals surface area contributed by atoms with Crippen molar-refractivity contribution in [2.45, 2.75) is 19.6 Å². The molecule has 0 aromatic carbocycles. The fraction of sp³-hybridized carbons (Fsp3) is 0.778. The van der Waals surface area contributed by atoms with Gasteiger partial charge in [0.25, 0.3) is 0 Å². The van der Waals surface area contributed by atoms with Crippen LogP contribution in [0.15, 0.2) is 12.7 Å². The number of hydrogen-bond donors (Lipinski definition) is 0. The lowest BCUT2D eigenvalue weighted by atomic mass is 10.7. The minimum Gasteiger partial charge on any atom is -0.377 e. The van der Waals surface area contributed by atoms with Crippen molar-refractivity contribution in [3.05, 3.63) is 12.7 Å². The van der Waals surface area contributed by atoms with Gasteiger partial charge < -0.3 is 4.74 Å². The van der Waals surface area contributed by atoms with E-state index >= 15 is 0 Å². The molecule has 0 radical (unpaired) electrons. The van der Waals surface area contributed by atoms with Crippen LogP contribution in [-0.4, -0.2) is 32.4 Å². The molecule has 1 nitrogen and oxygen atoms in total. The van der Waals surface area contributed by atoms with Crippen LogP contribution in [-0.2, 0) is 4.74 Å². The van der Waals surface area contributed by atoms with Crippen LogP contribution in [0.5, 0.6) is 0 Å². The molecule has 0 bridgehead atoms.